The molecular formula is C29H36N4O4. The first kappa shape index (κ1) is 26.3. The summed E-state index contributed by atoms with van der Waals surface area (Å²) in [5.41, 5.74) is 2.82. The fourth-order valence-electron chi connectivity index (χ4n) is 4.33. The van der Waals surface area contributed by atoms with E-state index in [1.165, 1.54) is 12.8 Å². The highest BCUT2D eigenvalue weighted by Crippen LogP contribution is 2.39. The van der Waals surface area contributed by atoms with Crippen molar-refractivity contribution in [3.63, 3.8) is 0 Å². The molecule has 4 rings (SSSR count). The minimum Gasteiger partial charge on any atom is -0.490 e. The molecular weight excluding hydrogens is 468 g/mol. The second kappa shape index (κ2) is 12.4. The topological polar surface area (TPSA) is 85.8 Å². The van der Waals surface area contributed by atoms with Crippen LogP contribution in [0.4, 0.5) is 11.5 Å². The maximum Gasteiger partial charge on any atom is 0.255 e. The van der Waals surface area contributed by atoms with Gasteiger partial charge < -0.3 is 24.4 Å². The molecule has 1 saturated heterocycles. The van der Waals surface area contributed by atoms with Crippen LogP contribution in [0.25, 0.3) is 11.3 Å². The van der Waals surface area contributed by atoms with E-state index in [9.17, 15) is 4.79 Å². The summed E-state index contributed by atoms with van der Waals surface area (Å²) in [6.45, 7) is 11.4. The van der Waals surface area contributed by atoms with Crippen LogP contribution >= 0.6 is 0 Å². The van der Waals surface area contributed by atoms with Gasteiger partial charge in [0.1, 0.15) is 0 Å². The number of hydrogen-bond acceptors (Lipinski definition) is 7. The number of piperidine rings is 1. The lowest BCUT2D eigenvalue weighted by Crippen LogP contribution is -2.33. The van der Waals surface area contributed by atoms with Gasteiger partial charge in [-0.15, -0.1) is 10.2 Å². The van der Waals surface area contributed by atoms with Crippen LogP contribution in [0.3, 0.4) is 0 Å². The molecule has 3 aromatic rings. The number of nitrogens with one attached hydrogen (secondary N) is 1. The first-order valence-electron chi connectivity index (χ1n) is 13.1. The average Bonchev–Trinajstić information content (AvgIpc) is 2.91. The minimum atomic E-state index is -0.266. The Morgan fingerprint density at radius 3 is 2.05 bits per heavy atom. The lowest BCUT2D eigenvalue weighted by Gasteiger charge is -2.30. The van der Waals surface area contributed by atoms with E-state index >= 15 is 0 Å². The Kier molecular flexibility index (Phi) is 8.82. The Bertz CT molecular complexity index is 1150. The smallest absolute Gasteiger partial charge is 0.255 e. The first-order chi connectivity index (χ1) is 18.0. The first-order valence-corrected chi connectivity index (χ1v) is 13.1. The monoisotopic (exact) mass is 504 g/mol. The Morgan fingerprint density at radius 1 is 0.892 bits per heavy atom. The van der Waals surface area contributed by atoms with Gasteiger partial charge in [0, 0.05) is 29.9 Å². The van der Waals surface area contributed by atoms with Gasteiger partial charge in [-0.05, 0) is 75.9 Å². The van der Waals surface area contributed by atoms with Crippen LogP contribution in [-0.2, 0) is 0 Å². The summed E-state index contributed by atoms with van der Waals surface area (Å²) < 4.78 is 17.2. The summed E-state index contributed by atoms with van der Waals surface area (Å²) in [4.78, 5) is 15.4. The van der Waals surface area contributed by atoms with Crippen molar-refractivity contribution >= 4 is 17.4 Å². The Labute approximate surface area is 219 Å². The van der Waals surface area contributed by atoms with Gasteiger partial charge in [-0.25, -0.2) is 0 Å². The molecule has 0 bridgehead atoms. The zero-order chi connectivity index (χ0) is 26.2. The van der Waals surface area contributed by atoms with E-state index in [2.05, 4.69) is 27.3 Å². The van der Waals surface area contributed by atoms with Crippen molar-refractivity contribution in [1.82, 2.24) is 10.2 Å². The van der Waals surface area contributed by atoms with Crippen molar-refractivity contribution in [3.8, 4) is 28.5 Å². The normalized spacial score (nSPS) is 13.8. The fraction of sp³-hybridized carbons (Fsp3) is 0.414. The molecule has 0 aliphatic carbocycles. The Balaban J connectivity index is 1.46. The molecule has 2 heterocycles. The van der Waals surface area contributed by atoms with Crippen LogP contribution in [0, 0.1) is 5.92 Å². The van der Waals surface area contributed by atoms with Gasteiger partial charge in [-0.2, -0.15) is 0 Å². The third-order valence-electron chi connectivity index (χ3n) is 6.37. The number of carbonyl (C=O) groups excluding carboxylic acids is 1. The SMILES string of the molecule is CCOc1cc(C(=O)Nc2ccc(-c3ccc(N4CCC(C)CC4)nn3)cc2)cc(OCC)c1OCC. The van der Waals surface area contributed by atoms with Crippen LogP contribution in [0.5, 0.6) is 17.2 Å². The van der Waals surface area contributed by atoms with Gasteiger partial charge in [-0.1, -0.05) is 19.1 Å². The van der Waals surface area contributed by atoms with E-state index in [-0.39, 0.29) is 5.91 Å². The zero-order valence-electron chi connectivity index (χ0n) is 22.1. The predicted octanol–water partition coefficient (Wildman–Crippen LogP) is 5.83. The van der Waals surface area contributed by atoms with Crippen LogP contribution < -0.4 is 24.4 Å². The fourth-order valence-corrected chi connectivity index (χ4v) is 4.33. The summed E-state index contributed by atoms with van der Waals surface area (Å²) in [7, 11) is 0. The summed E-state index contributed by atoms with van der Waals surface area (Å²) in [6.07, 6.45) is 2.38. The van der Waals surface area contributed by atoms with Crippen molar-refractivity contribution in [3.05, 3.63) is 54.1 Å². The van der Waals surface area contributed by atoms with Gasteiger partial charge in [0.05, 0.1) is 25.5 Å². The second-order valence-electron chi connectivity index (χ2n) is 9.08. The van der Waals surface area contributed by atoms with Crippen LogP contribution in [0.2, 0.25) is 0 Å². The molecule has 1 aliphatic rings. The highest BCUT2D eigenvalue weighted by Gasteiger charge is 2.19. The number of amides is 1. The van der Waals surface area contributed by atoms with Crippen LogP contribution in [0.1, 0.15) is 50.9 Å². The number of benzene rings is 2. The average molecular weight is 505 g/mol. The van der Waals surface area contributed by atoms with Gasteiger partial charge >= 0.3 is 0 Å². The summed E-state index contributed by atoms with van der Waals surface area (Å²) >= 11 is 0. The van der Waals surface area contributed by atoms with Gasteiger partial charge in [-0.3, -0.25) is 4.79 Å². The van der Waals surface area contributed by atoms with Crippen molar-refractivity contribution in [1.29, 1.82) is 0 Å². The van der Waals surface area contributed by atoms with Gasteiger partial charge in [0.15, 0.2) is 17.3 Å². The lowest BCUT2D eigenvalue weighted by atomic mass is 9.99. The molecule has 0 unspecified atom stereocenters. The van der Waals surface area contributed by atoms with E-state index in [0.29, 0.717) is 48.3 Å². The van der Waals surface area contributed by atoms with Crippen molar-refractivity contribution in [2.75, 3.05) is 43.1 Å². The van der Waals surface area contributed by atoms with E-state index in [4.69, 9.17) is 14.2 Å². The number of rotatable bonds is 10. The number of hydrogen-bond donors (Lipinski definition) is 1. The number of nitrogens with zero attached hydrogens (tertiary/aromatic N) is 3. The van der Waals surface area contributed by atoms with Gasteiger partial charge in [0.25, 0.3) is 5.91 Å². The number of aromatic nitrogens is 2. The van der Waals surface area contributed by atoms with E-state index in [1.807, 2.05) is 57.2 Å². The standard InChI is InChI=1S/C29H36N4O4/c1-5-35-25-18-22(19-26(36-6-2)28(25)37-7-3)29(34)30-23-10-8-21(9-11-23)24-12-13-27(32-31-24)33-16-14-20(4)15-17-33/h8-13,18-20H,5-7,14-17H2,1-4H3,(H,30,34). The zero-order valence-corrected chi connectivity index (χ0v) is 22.1. The third kappa shape index (κ3) is 6.50. The summed E-state index contributed by atoms with van der Waals surface area (Å²) in [5.74, 6) is 2.91. The minimum absolute atomic E-state index is 0.266. The molecule has 0 radical (unpaired) electrons. The predicted molar refractivity (Wildman–Crippen MR) is 146 cm³/mol. The molecule has 1 aliphatic heterocycles. The van der Waals surface area contributed by atoms with E-state index in [1.54, 1.807) is 12.1 Å². The summed E-state index contributed by atoms with van der Waals surface area (Å²) in [6, 6.07) is 15.0. The number of ether oxygens (including phenoxy) is 3. The molecule has 196 valence electrons. The van der Waals surface area contributed by atoms with E-state index < -0.39 is 0 Å². The molecule has 0 saturated carbocycles. The molecule has 1 fully saturated rings. The Morgan fingerprint density at radius 2 is 1.51 bits per heavy atom. The molecule has 0 spiro atoms. The van der Waals surface area contributed by atoms with Crippen LogP contribution in [-0.4, -0.2) is 49.0 Å². The van der Waals surface area contributed by atoms with Crippen molar-refractivity contribution in [2.45, 2.75) is 40.5 Å². The molecule has 1 N–H and O–H groups in total. The highest BCUT2D eigenvalue weighted by atomic mass is 16.5. The Hall–Kier alpha value is -3.81. The highest BCUT2D eigenvalue weighted by molar-refractivity contribution is 6.05. The molecule has 8 heteroatoms. The number of anilines is 2. The lowest BCUT2D eigenvalue weighted by molar-refractivity contribution is 0.102. The van der Waals surface area contributed by atoms with Crippen molar-refractivity contribution < 1.29 is 19.0 Å². The quantitative estimate of drug-likeness (QED) is 0.372. The molecule has 8 nitrogen and oxygen atoms in total. The molecule has 2 aromatic carbocycles. The van der Waals surface area contributed by atoms with E-state index in [0.717, 1.165) is 36.1 Å². The largest absolute Gasteiger partial charge is 0.490 e. The number of carbonyl (C=O) groups is 1. The molecule has 0 atom stereocenters. The third-order valence-corrected chi connectivity index (χ3v) is 6.37. The molecule has 1 aromatic heterocycles. The molecule has 1 amide bonds. The van der Waals surface area contributed by atoms with Crippen molar-refractivity contribution in [2.24, 2.45) is 5.92 Å². The maximum atomic E-state index is 13.1. The maximum absolute atomic E-state index is 13.1. The molecule has 37 heavy (non-hydrogen) atoms. The summed E-state index contributed by atoms with van der Waals surface area (Å²) in [5, 5.41) is 11.8. The second-order valence-corrected chi connectivity index (χ2v) is 9.08. The van der Waals surface area contributed by atoms with Gasteiger partial charge in [0.2, 0.25) is 5.75 Å². The van der Waals surface area contributed by atoms with Crippen LogP contribution in [0.15, 0.2) is 48.5 Å².